The van der Waals surface area contributed by atoms with Gasteiger partial charge in [-0.25, -0.2) is 4.57 Å². The van der Waals surface area contributed by atoms with Crippen molar-refractivity contribution in [2.45, 2.75) is 136 Å². The van der Waals surface area contributed by atoms with Gasteiger partial charge in [0, 0.05) is 19.4 Å². The number of nitrogens with zero attached hydrogens (tertiary/aromatic N) is 1. The molecule has 2 atom stereocenters. The Morgan fingerprint density at radius 2 is 0.918 bits per heavy atom. The summed E-state index contributed by atoms with van der Waals surface area (Å²) >= 11 is 0. The van der Waals surface area contributed by atoms with Crippen molar-refractivity contribution in [2.24, 2.45) is 0 Å². The Morgan fingerprint density at radius 1 is 0.525 bits per heavy atom. The molecule has 0 aliphatic rings. The van der Waals surface area contributed by atoms with Gasteiger partial charge in [-0.15, -0.1) is 0 Å². The molecule has 0 heterocycles. The fourth-order valence-corrected chi connectivity index (χ4v) is 5.79. The van der Waals surface area contributed by atoms with Gasteiger partial charge in [-0.3, -0.25) is 18.6 Å². The molecular weight excluding hydrogens is 786 g/mol. The highest BCUT2D eigenvalue weighted by atomic mass is 31.2. The first-order chi connectivity index (χ1) is 29.7. The van der Waals surface area contributed by atoms with Crippen LogP contribution in [0.3, 0.4) is 0 Å². The standard InChI is InChI=1S/C51H80NO8P/c1-5-7-9-11-13-15-17-19-21-23-25-27-29-31-33-35-37-39-41-43-50(53)57-47-49(48-59-61(55,56)58-46-45-52(3)4)60-51(54)44-42-40-38-36-34-32-30-28-26-24-22-20-18-16-14-12-10-8-6-2/h7,9,13-16,19-22,25-28,31-34,37-40,49H,5-6,8,10-12,17-18,23-24,29-30,35-36,41-48H2,1-4H3,(H,55,56)/b9-7-,15-13-,16-14-,21-19-,22-20-,27-25-,28-26-,33-31-,34-32-,39-37-,40-38-. The molecule has 0 aromatic heterocycles. The summed E-state index contributed by atoms with van der Waals surface area (Å²) in [6.07, 6.45) is 61.0. The lowest BCUT2D eigenvalue weighted by Gasteiger charge is -2.20. The minimum Gasteiger partial charge on any atom is -0.462 e. The third-order valence-electron chi connectivity index (χ3n) is 8.47. The van der Waals surface area contributed by atoms with Crippen LogP contribution in [0.5, 0.6) is 0 Å². The van der Waals surface area contributed by atoms with E-state index in [0.29, 0.717) is 19.4 Å². The molecule has 10 heteroatoms. The maximum atomic E-state index is 12.6. The van der Waals surface area contributed by atoms with Crippen LogP contribution in [0.2, 0.25) is 0 Å². The number of ether oxygens (including phenoxy) is 2. The number of rotatable bonds is 39. The number of phosphoric acid groups is 1. The summed E-state index contributed by atoms with van der Waals surface area (Å²) in [4.78, 5) is 37.0. The average Bonchev–Trinajstić information content (AvgIpc) is 3.23. The maximum absolute atomic E-state index is 12.6. The van der Waals surface area contributed by atoms with Gasteiger partial charge in [-0.2, -0.15) is 0 Å². The Bertz CT molecular complexity index is 1460. The predicted octanol–water partition coefficient (Wildman–Crippen LogP) is 13.3. The second-order valence-corrected chi connectivity index (χ2v) is 15.9. The second kappa shape index (κ2) is 44.2. The second-order valence-electron chi connectivity index (χ2n) is 14.5. The molecule has 0 spiro atoms. The SMILES string of the molecule is CC/C=C\C/C=C\C/C=C\C/C=C\C/C=C\C/C=C\CCC(=O)OCC(COP(=O)(O)OCCN(C)C)OC(=O)CC/C=C\C/C=C\C/C=C\C/C=C\C/C=C\CCCCC. The Labute approximate surface area is 370 Å². The molecule has 342 valence electrons. The minimum atomic E-state index is -4.41. The summed E-state index contributed by atoms with van der Waals surface area (Å²) in [5, 5.41) is 0. The maximum Gasteiger partial charge on any atom is 0.472 e. The van der Waals surface area contributed by atoms with Gasteiger partial charge in [0.2, 0.25) is 0 Å². The molecule has 0 fully saturated rings. The lowest BCUT2D eigenvalue weighted by molar-refractivity contribution is -0.161. The molecule has 0 saturated carbocycles. The Kier molecular flexibility index (Phi) is 41.4. The topological polar surface area (TPSA) is 112 Å². The van der Waals surface area contributed by atoms with Gasteiger partial charge >= 0.3 is 19.8 Å². The normalized spacial score (nSPS) is 14.6. The summed E-state index contributed by atoms with van der Waals surface area (Å²) in [5.74, 6) is -1.01. The van der Waals surface area contributed by atoms with Crippen molar-refractivity contribution >= 4 is 19.8 Å². The molecule has 2 unspecified atom stereocenters. The average molecular weight is 866 g/mol. The summed E-state index contributed by atoms with van der Waals surface area (Å²) in [6, 6.07) is 0. The highest BCUT2D eigenvalue weighted by Gasteiger charge is 2.26. The molecule has 61 heavy (non-hydrogen) atoms. The van der Waals surface area contributed by atoms with Crippen LogP contribution in [0, 0.1) is 0 Å². The Balaban J connectivity index is 4.55. The van der Waals surface area contributed by atoms with Gasteiger partial charge in [0.25, 0.3) is 0 Å². The first-order valence-electron chi connectivity index (χ1n) is 22.5. The van der Waals surface area contributed by atoms with E-state index in [9.17, 15) is 19.0 Å². The number of esters is 2. The smallest absolute Gasteiger partial charge is 0.462 e. The zero-order valence-corrected chi connectivity index (χ0v) is 38.9. The van der Waals surface area contributed by atoms with E-state index in [1.54, 1.807) is 19.0 Å². The Morgan fingerprint density at radius 3 is 1.33 bits per heavy atom. The summed E-state index contributed by atoms with van der Waals surface area (Å²) in [7, 11) is -0.800. The summed E-state index contributed by atoms with van der Waals surface area (Å²) in [5.41, 5.74) is 0. The molecule has 0 aromatic rings. The lowest BCUT2D eigenvalue weighted by Crippen LogP contribution is -2.29. The van der Waals surface area contributed by atoms with Crippen LogP contribution in [0.25, 0.3) is 0 Å². The van der Waals surface area contributed by atoms with E-state index in [1.165, 1.54) is 25.7 Å². The summed E-state index contributed by atoms with van der Waals surface area (Å²) < 4.78 is 33.3. The first-order valence-corrected chi connectivity index (χ1v) is 24.0. The van der Waals surface area contributed by atoms with Crippen molar-refractivity contribution in [1.82, 2.24) is 4.90 Å². The van der Waals surface area contributed by atoms with E-state index in [1.807, 2.05) is 24.3 Å². The van der Waals surface area contributed by atoms with Gasteiger partial charge in [0.05, 0.1) is 13.2 Å². The zero-order valence-electron chi connectivity index (χ0n) is 38.0. The molecule has 0 aliphatic carbocycles. The molecular formula is C51H80NO8P. The van der Waals surface area contributed by atoms with E-state index in [-0.39, 0.29) is 26.1 Å². The third kappa shape index (κ3) is 45.5. The molecule has 0 bridgehead atoms. The van der Waals surface area contributed by atoms with E-state index in [2.05, 4.69) is 123 Å². The number of phosphoric ester groups is 1. The van der Waals surface area contributed by atoms with Crippen LogP contribution in [-0.4, -0.2) is 68.3 Å². The minimum absolute atomic E-state index is 0.0256. The van der Waals surface area contributed by atoms with E-state index < -0.39 is 32.5 Å². The van der Waals surface area contributed by atoms with Crippen molar-refractivity contribution in [3.63, 3.8) is 0 Å². The number of carbonyl (C=O) groups is 2. The van der Waals surface area contributed by atoms with E-state index >= 15 is 0 Å². The van der Waals surface area contributed by atoms with Gasteiger partial charge < -0.3 is 19.3 Å². The molecule has 9 nitrogen and oxygen atoms in total. The van der Waals surface area contributed by atoms with Crippen molar-refractivity contribution in [3.8, 4) is 0 Å². The van der Waals surface area contributed by atoms with Gasteiger partial charge in [-0.05, 0) is 104 Å². The number of unbranched alkanes of at least 4 members (excludes halogenated alkanes) is 3. The quantitative estimate of drug-likeness (QED) is 0.0279. The number of allylic oxidation sites excluding steroid dienone is 22. The highest BCUT2D eigenvalue weighted by Crippen LogP contribution is 2.43. The van der Waals surface area contributed by atoms with Crippen LogP contribution in [-0.2, 0) is 32.7 Å². The van der Waals surface area contributed by atoms with E-state index in [0.717, 1.165) is 64.2 Å². The van der Waals surface area contributed by atoms with Crippen molar-refractivity contribution < 1.29 is 37.6 Å². The molecule has 1 N–H and O–H groups in total. The molecule has 0 amide bonds. The largest absolute Gasteiger partial charge is 0.472 e. The van der Waals surface area contributed by atoms with Gasteiger partial charge in [0.15, 0.2) is 6.10 Å². The Hall–Kier alpha value is -3.85. The van der Waals surface area contributed by atoms with Crippen molar-refractivity contribution in [2.75, 3.05) is 40.5 Å². The third-order valence-corrected chi connectivity index (χ3v) is 9.45. The van der Waals surface area contributed by atoms with Gasteiger partial charge in [-0.1, -0.05) is 160 Å². The van der Waals surface area contributed by atoms with Crippen LogP contribution in [0.15, 0.2) is 134 Å². The molecule has 0 radical (unpaired) electrons. The van der Waals surface area contributed by atoms with Crippen molar-refractivity contribution in [1.29, 1.82) is 0 Å². The summed E-state index contributed by atoms with van der Waals surface area (Å²) in [6.45, 7) is 3.97. The van der Waals surface area contributed by atoms with Crippen LogP contribution >= 0.6 is 7.82 Å². The molecule has 0 aliphatic heterocycles. The predicted molar refractivity (Wildman–Crippen MR) is 256 cm³/mol. The number of carbonyl (C=O) groups excluding carboxylic acids is 2. The van der Waals surface area contributed by atoms with Crippen LogP contribution in [0.4, 0.5) is 0 Å². The first kappa shape index (κ1) is 57.1. The van der Waals surface area contributed by atoms with Crippen LogP contribution < -0.4 is 0 Å². The number of hydrogen-bond acceptors (Lipinski definition) is 8. The number of likely N-dealkylation sites (N-methyl/N-ethyl adjacent to an activating group) is 1. The van der Waals surface area contributed by atoms with Crippen molar-refractivity contribution in [3.05, 3.63) is 134 Å². The highest BCUT2D eigenvalue weighted by molar-refractivity contribution is 7.47. The van der Waals surface area contributed by atoms with Gasteiger partial charge in [0.1, 0.15) is 6.61 Å². The fraction of sp³-hybridized carbons (Fsp3) is 0.529. The number of hydrogen-bond donors (Lipinski definition) is 1. The zero-order chi connectivity index (χ0) is 44.8. The fourth-order valence-electron chi connectivity index (χ4n) is 5.05. The molecule has 0 aromatic carbocycles. The monoisotopic (exact) mass is 866 g/mol. The molecule has 0 saturated heterocycles. The van der Waals surface area contributed by atoms with Crippen LogP contribution in [0.1, 0.15) is 129 Å². The lowest BCUT2D eigenvalue weighted by atomic mass is 10.2. The molecule has 0 rings (SSSR count). The van der Waals surface area contributed by atoms with E-state index in [4.69, 9.17) is 18.5 Å².